The molecule has 1 unspecified atom stereocenters. The molecule has 0 saturated carbocycles. The number of carbonyl (C=O) groups excluding carboxylic acids is 1. The third kappa shape index (κ3) is 5.30. The predicted octanol–water partition coefficient (Wildman–Crippen LogP) is 1.83. The molecule has 1 aliphatic heterocycles. The molecule has 1 aromatic rings. The highest BCUT2D eigenvalue weighted by Crippen LogP contribution is 2.24. The largest absolute Gasteiger partial charge is 0.354 e. The van der Waals surface area contributed by atoms with Gasteiger partial charge in [0.05, 0.1) is 4.90 Å². The number of amides is 1. The zero-order chi connectivity index (χ0) is 19.3. The van der Waals surface area contributed by atoms with E-state index < -0.39 is 10.0 Å². The lowest BCUT2D eigenvalue weighted by molar-refractivity contribution is -0.121. The highest BCUT2D eigenvalue weighted by atomic mass is 32.2. The van der Waals surface area contributed by atoms with Crippen LogP contribution >= 0.6 is 0 Å². The first-order valence-corrected chi connectivity index (χ1v) is 11.6. The summed E-state index contributed by atoms with van der Waals surface area (Å²) in [7, 11) is -3.57. The van der Waals surface area contributed by atoms with Crippen molar-refractivity contribution in [2.75, 3.05) is 26.2 Å². The molecule has 1 aromatic carbocycles. The van der Waals surface area contributed by atoms with Crippen molar-refractivity contribution in [3.8, 4) is 0 Å². The van der Waals surface area contributed by atoms with Gasteiger partial charge in [0.15, 0.2) is 0 Å². The molecule has 0 bridgehead atoms. The third-order valence-electron chi connectivity index (χ3n) is 5.71. The number of likely N-dealkylation sites (tertiary alicyclic amines) is 1. The Morgan fingerprint density at radius 3 is 2.74 bits per heavy atom. The Labute approximate surface area is 162 Å². The zero-order valence-electron chi connectivity index (χ0n) is 16.2. The van der Waals surface area contributed by atoms with E-state index in [0.717, 1.165) is 44.3 Å². The quantitative estimate of drug-likeness (QED) is 0.706. The van der Waals surface area contributed by atoms with E-state index in [1.165, 1.54) is 18.4 Å². The van der Waals surface area contributed by atoms with Crippen LogP contribution in [0.25, 0.3) is 0 Å². The second-order valence-electron chi connectivity index (χ2n) is 7.51. The number of rotatable bonds is 8. The van der Waals surface area contributed by atoms with Crippen LogP contribution in [0, 0.1) is 0 Å². The number of nitrogens with zero attached hydrogens (tertiary/aromatic N) is 1. The van der Waals surface area contributed by atoms with Crippen LogP contribution in [0.5, 0.6) is 0 Å². The molecule has 1 heterocycles. The number of fused-ring (bicyclic) bond motifs is 1. The summed E-state index contributed by atoms with van der Waals surface area (Å²) in [6, 6.07) is 5.80. The Kier molecular flexibility index (Phi) is 6.89. The summed E-state index contributed by atoms with van der Waals surface area (Å²) in [6.07, 6.45) is 6.69. The van der Waals surface area contributed by atoms with Crippen molar-refractivity contribution in [3.05, 3.63) is 29.3 Å². The van der Waals surface area contributed by atoms with Gasteiger partial charge in [0.2, 0.25) is 15.9 Å². The summed E-state index contributed by atoms with van der Waals surface area (Å²) >= 11 is 0. The summed E-state index contributed by atoms with van der Waals surface area (Å²) in [5.41, 5.74) is 2.39. The van der Waals surface area contributed by atoms with E-state index in [1.807, 2.05) is 6.07 Å². The molecule has 3 rings (SSSR count). The molecule has 2 N–H and O–H groups in total. The normalized spacial score (nSPS) is 20.4. The summed E-state index contributed by atoms with van der Waals surface area (Å²) in [4.78, 5) is 14.7. The second kappa shape index (κ2) is 9.17. The van der Waals surface area contributed by atoms with E-state index >= 15 is 0 Å². The van der Waals surface area contributed by atoms with Crippen LogP contribution < -0.4 is 10.0 Å². The number of benzene rings is 1. The van der Waals surface area contributed by atoms with Crippen LogP contribution in [-0.4, -0.2) is 51.4 Å². The highest BCUT2D eigenvalue weighted by Gasteiger charge is 2.23. The number of sulfonamides is 1. The fourth-order valence-electron chi connectivity index (χ4n) is 4.12. The Bertz CT molecular complexity index is 764. The van der Waals surface area contributed by atoms with Gasteiger partial charge in [-0.25, -0.2) is 13.1 Å². The van der Waals surface area contributed by atoms with Crippen molar-refractivity contribution >= 4 is 15.9 Å². The van der Waals surface area contributed by atoms with Gasteiger partial charge < -0.3 is 5.32 Å². The van der Waals surface area contributed by atoms with Gasteiger partial charge in [-0.3, -0.25) is 9.69 Å². The van der Waals surface area contributed by atoms with Gasteiger partial charge in [0, 0.05) is 25.6 Å². The van der Waals surface area contributed by atoms with Crippen LogP contribution in [-0.2, 0) is 27.7 Å². The minimum absolute atomic E-state index is 0.105. The minimum atomic E-state index is -3.57. The number of aryl methyl sites for hydroxylation is 2. The molecule has 0 aromatic heterocycles. The molecule has 1 atom stereocenters. The average Bonchev–Trinajstić information content (AvgIpc) is 3.13. The maximum Gasteiger partial charge on any atom is 0.240 e. The van der Waals surface area contributed by atoms with Gasteiger partial charge in [-0.1, -0.05) is 13.0 Å². The molecule has 27 heavy (non-hydrogen) atoms. The summed E-state index contributed by atoms with van der Waals surface area (Å²) in [6.45, 7) is 4.99. The van der Waals surface area contributed by atoms with Gasteiger partial charge in [-0.15, -0.1) is 0 Å². The van der Waals surface area contributed by atoms with Gasteiger partial charge in [-0.2, -0.15) is 0 Å². The second-order valence-corrected chi connectivity index (χ2v) is 9.28. The van der Waals surface area contributed by atoms with Crippen LogP contribution in [0.2, 0.25) is 0 Å². The number of hydrogen-bond acceptors (Lipinski definition) is 4. The first kappa shape index (κ1) is 20.3. The molecule has 150 valence electrons. The van der Waals surface area contributed by atoms with E-state index in [0.29, 0.717) is 17.5 Å². The fourth-order valence-corrected chi connectivity index (χ4v) is 5.20. The predicted molar refractivity (Wildman–Crippen MR) is 106 cm³/mol. The summed E-state index contributed by atoms with van der Waals surface area (Å²) in [5, 5.41) is 2.94. The maximum atomic E-state index is 12.5. The summed E-state index contributed by atoms with van der Waals surface area (Å²) in [5.74, 6) is -0.105. The third-order valence-corrected chi connectivity index (χ3v) is 7.17. The topological polar surface area (TPSA) is 78.5 Å². The van der Waals surface area contributed by atoms with Crippen LogP contribution in [0.4, 0.5) is 0 Å². The van der Waals surface area contributed by atoms with E-state index in [-0.39, 0.29) is 18.9 Å². The van der Waals surface area contributed by atoms with Crippen LogP contribution in [0.15, 0.2) is 23.1 Å². The Balaban J connectivity index is 1.45. The number of hydrogen-bond donors (Lipinski definition) is 2. The van der Waals surface area contributed by atoms with E-state index in [1.54, 1.807) is 12.1 Å². The van der Waals surface area contributed by atoms with Crippen molar-refractivity contribution in [1.29, 1.82) is 0 Å². The molecule has 0 radical (unpaired) electrons. The average molecular weight is 394 g/mol. The van der Waals surface area contributed by atoms with Crippen molar-refractivity contribution in [2.45, 2.75) is 62.8 Å². The van der Waals surface area contributed by atoms with E-state index in [2.05, 4.69) is 21.9 Å². The standard InChI is InChI=1S/C20H31N3O3S/c1-2-23-13-5-8-18(23)15-21-20(24)11-12-22-27(25,26)19-10-9-16-6-3-4-7-17(16)14-19/h9-10,14,18,22H,2-8,11-13,15H2,1H3,(H,21,24). The highest BCUT2D eigenvalue weighted by molar-refractivity contribution is 7.89. The lowest BCUT2D eigenvalue weighted by atomic mass is 9.92. The Morgan fingerprint density at radius 2 is 1.96 bits per heavy atom. The minimum Gasteiger partial charge on any atom is -0.354 e. The van der Waals surface area contributed by atoms with Crippen molar-refractivity contribution in [3.63, 3.8) is 0 Å². The first-order chi connectivity index (χ1) is 13.0. The molecule has 1 fully saturated rings. The maximum absolute atomic E-state index is 12.5. The zero-order valence-corrected chi connectivity index (χ0v) is 17.0. The first-order valence-electron chi connectivity index (χ1n) is 10.1. The van der Waals surface area contributed by atoms with Crippen molar-refractivity contribution < 1.29 is 13.2 Å². The number of carbonyl (C=O) groups is 1. The van der Waals surface area contributed by atoms with Gasteiger partial charge in [0.25, 0.3) is 0 Å². The Morgan fingerprint density at radius 1 is 1.19 bits per heavy atom. The number of nitrogens with one attached hydrogen (secondary N) is 2. The van der Waals surface area contributed by atoms with E-state index in [4.69, 9.17) is 0 Å². The lowest BCUT2D eigenvalue weighted by Crippen LogP contribution is -2.40. The van der Waals surface area contributed by atoms with Gasteiger partial charge >= 0.3 is 0 Å². The fraction of sp³-hybridized carbons (Fsp3) is 0.650. The van der Waals surface area contributed by atoms with Crippen LogP contribution in [0.3, 0.4) is 0 Å². The van der Waals surface area contributed by atoms with Crippen molar-refractivity contribution in [2.24, 2.45) is 0 Å². The molecular formula is C20H31N3O3S. The Hall–Kier alpha value is -1.44. The molecule has 1 saturated heterocycles. The smallest absolute Gasteiger partial charge is 0.240 e. The molecular weight excluding hydrogens is 362 g/mol. The number of likely N-dealkylation sites (N-methyl/N-ethyl adjacent to an activating group) is 1. The molecule has 7 heteroatoms. The van der Waals surface area contributed by atoms with Gasteiger partial charge in [-0.05, 0) is 74.9 Å². The molecule has 1 aliphatic carbocycles. The lowest BCUT2D eigenvalue weighted by Gasteiger charge is -2.22. The SMILES string of the molecule is CCN1CCCC1CNC(=O)CCNS(=O)(=O)c1ccc2c(c1)CCCC2. The molecule has 6 nitrogen and oxygen atoms in total. The van der Waals surface area contributed by atoms with Gasteiger partial charge in [0.1, 0.15) is 0 Å². The van der Waals surface area contributed by atoms with Crippen molar-refractivity contribution in [1.82, 2.24) is 14.9 Å². The molecule has 0 spiro atoms. The summed E-state index contributed by atoms with van der Waals surface area (Å²) < 4.78 is 27.6. The van der Waals surface area contributed by atoms with Crippen LogP contribution in [0.1, 0.15) is 50.2 Å². The molecule has 2 aliphatic rings. The van der Waals surface area contributed by atoms with E-state index in [9.17, 15) is 13.2 Å². The monoisotopic (exact) mass is 393 g/mol. The molecule has 1 amide bonds.